The van der Waals surface area contributed by atoms with Crippen LogP contribution in [0.1, 0.15) is 48.2 Å². The summed E-state index contributed by atoms with van der Waals surface area (Å²) in [6.45, 7) is 9.15. The third-order valence-corrected chi connectivity index (χ3v) is 13.7. The van der Waals surface area contributed by atoms with Crippen LogP contribution in [0.3, 0.4) is 0 Å². The van der Waals surface area contributed by atoms with Crippen LogP contribution in [-0.2, 0) is 0 Å². The maximum atomic E-state index is 2.79. The Kier molecular flexibility index (Phi) is 8.91. The van der Waals surface area contributed by atoms with Crippen LogP contribution in [0.25, 0.3) is 54.7 Å². The minimum Gasteiger partial charge on any atom is -0.274 e. The zero-order valence-electron chi connectivity index (χ0n) is 31.3. The van der Waals surface area contributed by atoms with Crippen LogP contribution in [0.4, 0.5) is 0 Å². The van der Waals surface area contributed by atoms with Crippen LogP contribution in [0.2, 0.25) is 0 Å². The van der Waals surface area contributed by atoms with Crippen molar-refractivity contribution in [2.75, 3.05) is 4.67 Å². The average Bonchev–Trinajstić information content (AvgIpc) is 3.35. The lowest BCUT2D eigenvalue weighted by Gasteiger charge is -2.38. The lowest BCUT2D eigenvalue weighted by atomic mass is 9.98. The predicted octanol–water partition coefficient (Wildman–Crippen LogP) is 14.1. The van der Waals surface area contributed by atoms with E-state index >= 15 is 0 Å². The third-order valence-electron chi connectivity index (χ3n) is 11.0. The van der Waals surface area contributed by atoms with Crippen molar-refractivity contribution >= 4 is 51.4 Å². The first-order valence-electron chi connectivity index (χ1n) is 18.9. The van der Waals surface area contributed by atoms with Crippen LogP contribution in [-0.4, -0.2) is 8.66 Å². The summed E-state index contributed by atoms with van der Waals surface area (Å²) >= 11 is 0. The molecule has 0 unspecified atom stereocenters. The molecule has 0 amide bonds. The summed E-state index contributed by atoms with van der Waals surface area (Å²) in [5.74, 6) is 0. The molecule has 0 fully saturated rings. The Morgan fingerprint density at radius 2 is 0.778 bits per heavy atom. The zero-order valence-corrected chi connectivity index (χ0v) is 32.2. The van der Waals surface area contributed by atoms with E-state index in [2.05, 4.69) is 223 Å². The monoisotopic (exact) mass is 717 g/mol. The number of rotatable bonds is 7. The van der Waals surface area contributed by atoms with E-state index in [0.29, 0.717) is 0 Å². The maximum Gasteiger partial charge on any atom is 0.117 e. The summed E-state index contributed by atoms with van der Waals surface area (Å²) in [7, 11) is -1.37. The summed E-state index contributed by atoms with van der Waals surface area (Å²) < 4.78 is 8.16. The molecule has 0 aliphatic carbocycles. The number of benzene rings is 8. The van der Waals surface area contributed by atoms with Crippen molar-refractivity contribution in [2.24, 2.45) is 0 Å². The predicted molar refractivity (Wildman–Crippen MR) is 233 cm³/mol. The van der Waals surface area contributed by atoms with E-state index in [-0.39, 0.29) is 12.1 Å². The first-order valence-corrected chi connectivity index (χ1v) is 20.1. The van der Waals surface area contributed by atoms with Gasteiger partial charge in [-0.25, -0.2) is 4.67 Å². The first kappa shape index (κ1) is 33.9. The second-order valence-electron chi connectivity index (χ2n) is 14.5. The highest BCUT2D eigenvalue weighted by atomic mass is 31.1. The van der Waals surface area contributed by atoms with Crippen LogP contribution in [0, 0.1) is 13.8 Å². The van der Waals surface area contributed by atoms with Crippen LogP contribution in [0.15, 0.2) is 182 Å². The maximum absolute atomic E-state index is 2.79. The molecular weight excluding hydrogens is 674 g/mol. The number of hydrogen-bond acceptors (Lipinski definition) is 1. The molecule has 0 saturated heterocycles. The Morgan fingerprint density at radius 3 is 1.19 bits per heavy atom. The van der Waals surface area contributed by atoms with Gasteiger partial charge >= 0.3 is 0 Å². The largest absolute Gasteiger partial charge is 0.274 e. The van der Waals surface area contributed by atoms with Crippen LogP contribution in [0.5, 0.6) is 0 Å². The minimum atomic E-state index is -1.37. The van der Waals surface area contributed by atoms with E-state index < -0.39 is 8.00 Å². The number of aryl methyl sites for hydroxylation is 2. The molecule has 9 aromatic rings. The standard InChI is InChI=1S/C50H44N3P/c1-35-23-29-43(30-24-35)52-47-33-27-41-19-11-13-21-45(41)49(47)50-46-22-14-12-20-42(46)28-34-48(50)53(44-31-25-36(2)26-32-44)54(52)51(37(3)39-15-7-5-8-16-39)38(4)40-17-9-6-10-18-40/h5-34,37-38H,1-4H3/t37-,38-/m1/s1. The normalized spacial score (nSPS) is 12.8. The summed E-state index contributed by atoms with van der Waals surface area (Å²) in [5, 5.41) is 7.51. The SMILES string of the molecule is Cc1ccc(-n2c3ccc4ccccc4c3c3c4ccccc4ccc3n(-c3ccc(C)cc3)p2N([C@H](C)c2ccccc2)[C@H](C)c2ccccc2)cc1. The fourth-order valence-corrected chi connectivity index (χ4v) is 11.0. The number of nitrogens with zero attached hydrogens (tertiary/aromatic N) is 3. The molecule has 4 heteroatoms. The van der Waals surface area contributed by atoms with Crippen LogP contribution >= 0.6 is 8.00 Å². The molecule has 0 saturated carbocycles. The number of fused-ring (bicyclic) bond motifs is 7. The Hall–Kier alpha value is -5.86. The minimum absolute atomic E-state index is 0.0549. The Morgan fingerprint density at radius 1 is 0.407 bits per heavy atom. The summed E-state index contributed by atoms with van der Waals surface area (Å²) in [6, 6.07) is 67.8. The van der Waals surface area contributed by atoms with Gasteiger partial charge in [-0.05, 0) is 96.8 Å². The van der Waals surface area contributed by atoms with Crippen molar-refractivity contribution in [3.05, 3.63) is 204 Å². The average molecular weight is 718 g/mol. The van der Waals surface area contributed by atoms with Gasteiger partial charge in [-0.3, -0.25) is 8.66 Å². The molecule has 1 aromatic heterocycles. The van der Waals surface area contributed by atoms with Gasteiger partial charge in [0, 0.05) is 22.9 Å². The fraction of sp³-hybridized carbons (Fsp3) is 0.120. The summed E-state index contributed by atoms with van der Waals surface area (Å²) in [4.78, 5) is 0. The van der Waals surface area contributed by atoms with Gasteiger partial charge in [0.2, 0.25) is 0 Å². The Labute approximate surface area is 318 Å². The molecule has 2 atom stereocenters. The van der Waals surface area contributed by atoms with Gasteiger partial charge in [-0.15, -0.1) is 0 Å². The van der Waals surface area contributed by atoms with Crippen molar-refractivity contribution < 1.29 is 0 Å². The van der Waals surface area contributed by atoms with E-state index in [1.54, 1.807) is 0 Å². The van der Waals surface area contributed by atoms with E-state index in [1.807, 2.05) is 0 Å². The molecule has 9 rings (SSSR count). The molecule has 264 valence electrons. The smallest absolute Gasteiger partial charge is 0.117 e. The molecular formula is C50H44N3P. The quantitative estimate of drug-likeness (QED) is 0.160. The lowest BCUT2D eigenvalue weighted by molar-refractivity contribution is 0.623. The van der Waals surface area contributed by atoms with Gasteiger partial charge in [0.15, 0.2) is 0 Å². The molecule has 0 radical (unpaired) electrons. The number of aromatic nitrogens is 2. The van der Waals surface area contributed by atoms with E-state index in [4.69, 9.17) is 0 Å². The molecule has 0 aliphatic rings. The highest BCUT2D eigenvalue weighted by Crippen LogP contribution is 2.50. The second-order valence-corrected chi connectivity index (χ2v) is 16.3. The highest BCUT2D eigenvalue weighted by molar-refractivity contribution is 7.45. The van der Waals surface area contributed by atoms with Crippen LogP contribution < -0.4 is 4.67 Å². The van der Waals surface area contributed by atoms with Crippen molar-refractivity contribution in [2.45, 2.75) is 39.8 Å². The molecule has 0 aliphatic heterocycles. The zero-order chi connectivity index (χ0) is 36.8. The number of hydrogen-bond donors (Lipinski definition) is 0. The molecule has 0 spiro atoms. The molecule has 8 aromatic carbocycles. The van der Waals surface area contributed by atoms with Gasteiger partial charge in [0.05, 0.1) is 22.4 Å². The lowest BCUT2D eigenvalue weighted by Crippen LogP contribution is -2.31. The topological polar surface area (TPSA) is 13.1 Å². The third kappa shape index (κ3) is 5.91. The van der Waals surface area contributed by atoms with E-state index in [0.717, 1.165) is 0 Å². The Bertz CT molecular complexity index is 2610. The molecule has 0 bridgehead atoms. The van der Waals surface area contributed by atoms with Gasteiger partial charge in [-0.1, -0.05) is 157 Å². The van der Waals surface area contributed by atoms with Crippen molar-refractivity contribution in [1.82, 2.24) is 8.66 Å². The van der Waals surface area contributed by atoms with Gasteiger partial charge < -0.3 is 0 Å². The summed E-state index contributed by atoms with van der Waals surface area (Å²) in [6.07, 6.45) is 0. The van der Waals surface area contributed by atoms with Crippen molar-refractivity contribution in [3.8, 4) is 11.4 Å². The molecule has 54 heavy (non-hydrogen) atoms. The highest BCUT2D eigenvalue weighted by Gasteiger charge is 2.31. The van der Waals surface area contributed by atoms with Crippen molar-refractivity contribution in [3.63, 3.8) is 0 Å². The molecule has 1 heterocycles. The molecule has 3 nitrogen and oxygen atoms in total. The Balaban J connectivity index is 1.61. The van der Waals surface area contributed by atoms with E-state index in [1.165, 1.54) is 77.0 Å². The molecule has 0 N–H and O–H groups in total. The first-order chi connectivity index (χ1) is 26.5. The summed E-state index contributed by atoms with van der Waals surface area (Å²) in [5.41, 5.74) is 9.82. The van der Waals surface area contributed by atoms with Gasteiger partial charge in [-0.2, -0.15) is 0 Å². The fourth-order valence-electron chi connectivity index (χ4n) is 8.16. The van der Waals surface area contributed by atoms with Crippen molar-refractivity contribution in [1.29, 1.82) is 0 Å². The second kappa shape index (κ2) is 14.2. The van der Waals surface area contributed by atoms with Gasteiger partial charge in [0.1, 0.15) is 8.00 Å². The van der Waals surface area contributed by atoms with E-state index in [9.17, 15) is 0 Å². The van der Waals surface area contributed by atoms with Gasteiger partial charge in [0.25, 0.3) is 0 Å².